The molecule has 0 aromatic heterocycles. The molecule has 0 saturated carbocycles. The molecule has 1 aliphatic carbocycles. The molecule has 0 saturated heterocycles. The summed E-state index contributed by atoms with van der Waals surface area (Å²) >= 11 is 0. The Kier molecular flexibility index (Phi) is 3.74. The molecule has 128 valence electrons. The van der Waals surface area contributed by atoms with Crippen LogP contribution in [0.1, 0.15) is 38.2 Å². The number of hydrogen-bond acceptors (Lipinski definition) is 1. The number of unbranched alkanes of at least 4 members (excludes halogenated alkanes) is 2. The number of nitrogens with zero attached hydrogens (tertiary/aromatic N) is 1. The van der Waals surface area contributed by atoms with Gasteiger partial charge in [0.05, 0.1) is 0 Å². The van der Waals surface area contributed by atoms with Gasteiger partial charge in [0.15, 0.2) is 0 Å². The molecule has 5 rings (SSSR count). The van der Waals surface area contributed by atoms with E-state index < -0.39 is 0 Å². The molecule has 0 unspecified atom stereocenters. The van der Waals surface area contributed by atoms with E-state index in [9.17, 15) is 0 Å². The number of rotatable bonds is 4. The highest BCUT2D eigenvalue weighted by molar-refractivity contribution is 6.31. The van der Waals surface area contributed by atoms with Crippen molar-refractivity contribution in [3.63, 3.8) is 0 Å². The van der Waals surface area contributed by atoms with Crippen LogP contribution in [0.3, 0.4) is 0 Å². The fourth-order valence-electron chi connectivity index (χ4n) is 4.48. The van der Waals surface area contributed by atoms with E-state index in [1.54, 1.807) is 0 Å². The molecular weight excluding hydrogens is 314 g/mol. The Balaban J connectivity index is 1.89. The number of aliphatic imine (C=N–C) groups is 1. The van der Waals surface area contributed by atoms with Gasteiger partial charge in [0.1, 0.15) is 0 Å². The van der Waals surface area contributed by atoms with Crippen molar-refractivity contribution in [3.8, 4) is 0 Å². The second-order valence-electron chi connectivity index (χ2n) is 7.30. The molecule has 0 bridgehead atoms. The first-order valence-corrected chi connectivity index (χ1v) is 9.78. The van der Waals surface area contributed by atoms with Crippen LogP contribution in [0.25, 0.3) is 38.4 Å². The normalized spacial score (nSPS) is 15.2. The summed E-state index contributed by atoms with van der Waals surface area (Å²) in [6, 6.07) is 20.1. The van der Waals surface area contributed by atoms with Crippen molar-refractivity contribution in [1.29, 1.82) is 0 Å². The number of benzene rings is 4. The van der Waals surface area contributed by atoms with Gasteiger partial charge in [-0.3, -0.25) is 4.99 Å². The van der Waals surface area contributed by atoms with E-state index in [0.717, 1.165) is 13.0 Å². The molecule has 26 heavy (non-hydrogen) atoms. The molecule has 0 N–H and O–H groups in total. The first kappa shape index (κ1) is 15.6. The van der Waals surface area contributed by atoms with E-state index in [-0.39, 0.29) is 0 Å². The second kappa shape index (κ2) is 6.25. The van der Waals surface area contributed by atoms with Crippen molar-refractivity contribution in [3.05, 3.63) is 65.4 Å². The average molecular weight is 337 g/mol. The fourth-order valence-corrected chi connectivity index (χ4v) is 4.48. The highest BCUT2D eigenvalue weighted by Crippen LogP contribution is 2.37. The van der Waals surface area contributed by atoms with Crippen LogP contribution < -0.4 is 5.22 Å². The molecule has 0 atom stereocenters. The van der Waals surface area contributed by atoms with Crippen molar-refractivity contribution in [2.75, 3.05) is 6.54 Å². The maximum absolute atomic E-state index is 5.06. The minimum atomic E-state index is 0.940. The third-order valence-corrected chi connectivity index (χ3v) is 5.68. The van der Waals surface area contributed by atoms with E-state index in [2.05, 4.69) is 67.6 Å². The highest BCUT2D eigenvalue weighted by atomic mass is 14.7. The van der Waals surface area contributed by atoms with Crippen LogP contribution in [-0.4, -0.2) is 12.3 Å². The van der Waals surface area contributed by atoms with Gasteiger partial charge in [-0.15, -0.1) is 0 Å². The van der Waals surface area contributed by atoms with E-state index in [0.29, 0.717) is 0 Å². The van der Waals surface area contributed by atoms with Crippen LogP contribution in [-0.2, 0) is 0 Å². The van der Waals surface area contributed by atoms with Crippen LogP contribution in [0.2, 0.25) is 0 Å². The van der Waals surface area contributed by atoms with E-state index in [1.165, 1.54) is 68.1 Å². The van der Waals surface area contributed by atoms with Crippen molar-refractivity contribution in [2.24, 2.45) is 4.99 Å². The molecule has 4 aromatic rings. The van der Waals surface area contributed by atoms with Gasteiger partial charge >= 0.3 is 0 Å². The lowest BCUT2D eigenvalue weighted by molar-refractivity contribution is 0.728. The van der Waals surface area contributed by atoms with Gasteiger partial charge in [-0.1, -0.05) is 80.4 Å². The zero-order chi connectivity index (χ0) is 17.5. The minimum absolute atomic E-state index is 0.940. The zero-order valence-corrected chi connectivity index (χ0v) is 15.3. The highest BCUT2D eigenvalue weighted by Gasteiger charge is 2.19. The van der Waals surface area contributed by atoms with Gasteiger partial charge in [0.25, 0.3) is 0 Å². The topological polar surface area (TPSA) is 12.4 Å². The summed E-state index contributed by atoms with van der Waals surface area (Å²) in [6.07, 6.45) is 6.98. The average Bonchev–Trinajstić information content (AvgIpc) is 2.69. The van der Waals surface area contributed by atoms with Gasteiger partial charge in [0, 0.05) is 24.2 Å². The summed E-state index contributed by atoms with van der Waals surface area (Å²) in [7, 11) is 0. The molecule has 0 amide bonds. The third kappa shape index (κ3) is 2.27. The lowest BCUT2D eigenvalue weighted by Crippen LogP contribution is -2.16. The Morgan fingerprint density at radius 3 is 2.35 bits per heavy atom. The molecule has 4 aromatic carbocycles. The lowest BCUT2D eigenvalue weighted by Gasteiger charge is -2.20. The van der Waals surface area contributed by atoms with Crippen LogP contribution in [0, 0.1) is 0 Å². The monoisotopic (exact) mass is 337 g/mol. The molecule has 0 heterocycles. The van der Waals surface area contributed by atoms with E-state index in [1.807, 2.05) is 0 Å². The Bertz CT molecular complexity index is 1210. The van der Waals surface area contributed by atoms with Gasteiger partial charge in [-0.25, -0.2) is 0 Å². The zero-order valence-electron chi connectivity index (χ0n) is 15.3. The second-order valence-corrected chi connectivity index (χ2v) is 7.30. The first-order chi connectivity index (χ1) is 12.9. The van der Waals surface area contributed by atoms with Crippen LogP contribution in [0.15, 0.2) is 59.6 Å². The van der Waals surface area contributed by atoms with Crippen molar-refractivity contribution < 1.29 is 0 Å². The molecule has 0 fully saturated rings. The third-order valence-electron chi connectivity index (χ3n) is 5.68. The minimum Gasteiger partial charge on any atom is -0.289 e. The summed E-state index contributed by atoms with van der Waals surface area (Å²) in [5, 5.41) is 9.54. The van der Waals surface area contributed by atoms with Crippen molar-refractivity contribution in [2.45, 2.75) is 32.6 Å². The molecule has 1 heteroatoms. The SMILES string of the molecule is CCCCCN=C1CC=c2cccc3c2c1c1cccc2cccc3c21. The Morgan fingerprint density at radius 1 is 0.808 bits per heavy atom. The number of fused-ring (bicyclic) bond motifs is 2. The first-order valence-electron chi connectivity index (χ1n) is 9.78. The maximum atomic E-state index is 5.06. The summed E-state index contributed by atoms with van der Waals surface area (Å²) in [6.45, 7) is 3.19. The largest absolute Gasteiger partial charge is 0.289 e. The summed E-state index contributed by atoms with van der Waals surface area (Å²) in [5.74, 6) is 0. The summed E-state index contributed by atoms with van der Waals surface area (Å²) in [4.78, 5) is 5.06. The molecule has 1 nitrogen and oxygen atoms in total. The Morgan fingerprint density at radius 2 is 1.54 bits per heavy atom. The molecule has 0 radical (unpaired) electrons. The van der Waals surface area contributed by atoms with Crippen LogP contribution in [0.4, 0.5) is 0 Å². The summed E-state index contributed by atoms with van der Waals surface area (Å²) < 4.78 is 0. The smallest absolute Gasteiger partial charge is 0.0471 e. The molecule has 0 spiro atoms. The van der Waals surface area contributed by atoms with Crippen molar-refractivity contribution >= 4 is 44.1 Å². The van der Waals surface area contributed by atoms with Gasteiger partial charge in [-0.2, -0.15) is 0 Å². The number of hydrogen-bond donors (Lipinski definition) is 0. The standard InChI is InChI=1S/C25H23N/c1-2-3-4-16-26-22-15-14-18-10-6-12-20-19-11-5-8-17-9-7-13-21(23(17)19)25(22)24(18)20/h5-14H,2-4,15-16H2,1H3. The maximum Gasteiger partial charge on any atom is 0.0471 e. The summed E-state index contributed by atoms with van der Waals surface area (Å²) in [5.41, 5.74) is 2.64. The fraction of sp³-hybridized carbons (Fsp3) is 0.240. The van der Waals surface area contributed by atoms with Crippen molar-refractivity contribution in [1.82, 2.24) is 0 Å². The molecular formula is C25H23N. The van der Waals surface area contributed by atoms with E-state index >= 15 is 0 Å². The van der Waals surface area contributed by atoms with Crippen LogP contribution >= 0.6 is 0 Å². The van der Waals surface area contributed by atoms with Gasteiger partial charge in [-0.05, 0) is 44.0 Å². The molecule has 1 aliphatic rings. The van der Waals surface area contributed by atoms with Crippen LogP contribution in [0.5, 0.6) is 0 Å². The van der Waals surface area contributed by atoms with E-state index in [4.69, 9.17) is 4.99 Å². The predicted molar refractivity (Wildman–Crippen MR) is 114 cm³/mol. The Labute approximate surface area is 154 Å². The predicted octanol–water partition coefficient (Wildman–Crippen LogP) is 6.03. The Hall–Kier alpha value is -2.67. The quantitative estimate of drug-likeness (QED) is 0.245. The molecule has 0 aliphatic heterocycles. The lowest BCUT2D eigenvalue weighted by atomic mass is 9.85. The van der Waals surface area contributed by atoms with Gasteiger partial charge in [0.2, 0.25) is 0 Å². The van der Waals surface area contributed by atoms with Gasteiger partial charge < -0.3 is 0 Å².